The molecule has 0 bridgehead atoms. The molecular weight excluding hydrogens is 311 g/mol. The standard InChI is InChI=1S/C11H16Cl2N2O3S/c1-3-7(6-18-2)15-19(16,17)8-4-9(12)11(14)10(13)5-8/h4-5,7,15H,3,6,14H2,1-2H3/t7-/m0/s1. The Morgan fingerprint density at radius 3 is 2.32 bits per heavy atom. The van der Waals surface area contributed by atoms with E-state index in [1.54, 1.807) is 0 Å². The molecule has 0 aliphatic heterocycles. The molecule has 0 fully saturated rings. The van der Waals surface area contributed by atoms with Gasteiger partial charge in [-0.15, -0.1) is 0 Å². The molecule has 3 N–H and O–H groups in total. The Morgan fingerprint density at radius 1 is 1.37 bits per heavy atom. The largest absolute Gasteiger partial charge is 0.396 e. The van der Waals surface area contributed by atoms with E-state index in [-0.39, 0.29) is 33.3 Å². The maximum atomic E-state index is 12.2. The molecule has 0 saturated heterocycles. The Bertz CT molecular complexity index is 526. The van der Waals surface area contributed by atoms with Crippen molar-refractivity contribution in [2.24, 2.45) is 0 Å². The number of benzene rings is 1. The van der Waals surface area contributed by atoms with Gasteiger partial charge >= 0.3 is 0 Å². The van der Waals surface area contributed by atoms with E-state index in [0.29, 0.717) is 6.42 Å². The number of methoxy groups -OCH3 is 1. The van der Waals surface area contributed by atoms with Gasteiger partial charge in [-0.2, -0.15) is 0 Å². The number of nitrogens with two attached hydrogens (primary N) is 1. The van der Waals surface area contributed by atoms with E-state index in [1.165, 1.54) is 19.2 Å². The van der Waals surface area contributed by atoms with Gasteiger partial charge in [-0.1, -0.05) is 30.1 Å². The molecule has 8 heteroatoms. The predicted molar refractivity (Wildman–Crippen MR) is 77.2 cm³/mol. The maximum Gasteiger partial charge on any atom is 0.241 e. The van der Waals surface area contributed by atoms with Crippen LogP contribution in [0.2, 0.25) is 10.0 Å². The average Bonchev–Trinajstić information content (AvgIpc) is 2.34. The summed E-state index contributed by atoms with van der Waals surface area (Å²) in [6, 6.07) is 2.22. The van der Waals surface area contributed by atoms with Crippen molar-refractivity contribution in [3.05, 3.63) is 22.2 Å². The maximum absolute atomic E-state index is 12.2. The second-order valence-corrected chi connectivity index (χ2v) is 6.51. The van der Waals surface area contributed by atoms with Crippen LogP contribution < -0.4 is 10.5 Å². The highest BCUT2D eigenvalue weighted by Crippen LogP contribution is 2.30. The van der Waals surface area contributed by atoms with Crippen molar-refractivity contribution in [2.45, 2.75) is 24.3 Å². The third-order valence-corrected chi connectivity index (χ3v) is 4.67. The zero-order chi connectivity index (χ0) is 14.6. The topological polar surface area (TPSA) is 81.4 Å². The number of anilines is 1. The molecule has 0 unspecified atom stereocenters. The number of rotatable bonds is 6. The average molecular weight is 327 g/mol. The second-order valence-electron chi connectivity index (χ2n) is 3.98. The van der Waals surface area contributed by atoms with E-state index >= 15 is 0 Å². The third kappa shape index (κ3) is 4.22. The normalized spacial score (nSPS) is 13.5. The van der Waals surface area contributed by atoms with E-state index in [4.69, 9.17) is 33.7 Å². The Morgan fingerprint density at radius 2 is 1.89 bits per heavy atom. The van der Waals surface area contributed by atoms with Crippen molar-refractivity contribution in [1.29, 1.82) is 0 Å². The van der Waals surface area contributed by atoms with Gasteiger partial charge in [-0.05, 0) is 18.6 Å². The van der Waals surface area contributed by atoms with E-state index in [1.807, 2.05) is 6.92 Å². The molecule has 0 radical (unpaired) electrons. The molecule has 0 heterocycles. The Balaban J connectivity index is 3.07. The summed E-state index contributed by atoms with van der Waals surface area (Å²) in [4.78, 5) is -0.0220. The lowest BCUT2D eigenvalue weighted by atomic mass is 10.3. The molecule has 0 amide bonds. The number of halogens is 2. The Hall–Kier alpha value is -0.530. The number of hydrogen-bond acceptors (Lipinski definition) is 4. The van der Waals surface area contributed by atoms with Gasteiger partial charge in [-0.3, -0.25) is 0 Å². The molecule has 0 aliphatic rings. The molecule has 1 aromatic carbocycles. The quantitative estimate of drug-likeness (QED) is 0.786. The lowest BCUT2D eigenvalue weighted by Crippen LogP contribution is -2.37. The van der Waals surface area contributed by atoms with E-state index in [9.17, 15) is 8.42 Å². The van der Waals surface area contributed by atoms with Gasteiger partial charge < -0.3 is 10.5 Å². The first-order chi connectivity index (χ1) is 8.81. The van der Waals surface area contributed by atoms with Crippen molar-refractivity contribution in [3.8, 4) is 0 Å². The number of nitrogens with one attached hydrogen (secondary N) is 1. The lowest BCUT2D eigenvalue weighted by Gasteiger charge is -2.16. The molecule has 0 aliphatic carbocycles. The second kappa shape index (κ2) is 6.76. The van der Waals surface area contributed by atoms with E-state index < -0.39 is 10.0 Å². The zero-order valence-corrected chi connectivity index (χ0v) is 12.9. The lowest BCUT2D eigenvalue weighted by molar-refractivity contribution is 0.173. The highest BCUT2D eigenvalue weighted by Gasteiger charge is 2.21. The van der Waals surface area contributed by atoms with Crippen LogP contribution in [0.15, 0.2) is 17.0 Å². The summed E-state index contributed by atoms with van der Waals surface area (Å²) in [6.45, 7) is 2.14. The zero-order valence-electron chi connectivity index (χ0n) is 10.6. The SMILES string of the molecule is CC[C@@H](COC)NS(=O)(=O)c1cc(Cl)c(N)c(Cl)c1. The molecule has 1 atom stereocenters. The fraction of sp³-hybridized carbons (Fsp3) is 0.455. The molecule has 1 aromatic rings. The van der Waals surface area contributed by atoms with Gasteiger partial charge in [0.2, 0.25) is 10.0 Å². The van der Waals surface area contributed by atoms with Crippen molar-refractivity contribution >= 4 is 38.9 Å². The van der Waals surface area contributed by atoms with Crippen molar-refractivity contribution < 1.29 is 13.2 Å². The molecule has 0 spiro atoms. The number of nitrogen functional groups attached to an aromatic ring is 1. The number of sulfonamides is 1. The first-order valence-electron chi connectivity index (χ1n) is 5.57. The van der Waals surface area contributed by atoms with Gasteiger partial charge in [0.25, 0.3) is 0 Å². The van der Waals surface area contributed by atoms with Gasteiger partial charge in [0.15, 0.2) is 0 Å². The van der Waals surface area contributed by atoms with Crippen LogP contribution in [0.3, 0.4) is 0 Å². The predicted octanol–water partition coefficient (Wildman–Crippen LogP) is 2.28. The van der Waals surface area contributed by atoms with Crippen LogP contribution in [0.1, 0.15) is 13.3 Å². The smallest absolute Gasteiger partial charge is 0.241 e. The molecular formula is C11H16Cl2N2O3S. The fourth-order valence-electron chi connectivity index (χ4n) is 1.44. The minimum atomic E-state index is -3.71. The van der Waals surface area contributed by atoms with E-state index in [0.717, 1.165) is 0 Å². The van der Waals surface area contributed by atoms with Crippen LogP contribution in [-0.4, -0.2) is 28.2 Å². The number of ether oxygens (including phenoxy) is 1. The molecule has 108 valence electrons. The molecule has 19 heavy (non-hydrogen) atoms. The van der Waals surface area contributed by atoms with Crippen LogP contribution >= 0.6 is 23.2 Å². The Kier molecular flexibility index (Phi) is 5.88. The monoisotopic (exact) mass is 326 g/mol. The molecule has 5 nitrogen and oxygen atoms in total. The minimum Gasteiger partial charge on any atom is -0.396 e. The van der Waals surface area contributed by atoms with Crippen LogP contribution in [0.5, 0.6) is 0 Å². The van der Waals surface area contributed by atoms with Crippen LogP contribution in [0.25, 0.3) is 0 Å². The number of hydrogen-bond donors (Lipinski definition) is 2. The van der Waals surface area contributed by atoms with Gasteiger partial charge in [0.1, 0.15) is 0 Å². The van der Waals surface area contributed by atoms with E-state index in [2.05, 4.69) is 4.72 Å². The fourth-order valence-corrected chi connectivity index (χ4v) is 3.41. The summed E-state index contributed by atoms with van der Waals surface area (Å²) in [5, 5.41) is 0.209. The summed E-state index contributed by atoms with van der Waals surface area (Å²) >= 11 is 11.7. The summed E-state index contributed by atoms with van der Waals surface area (Å²) in [5.41, 5.74) is 5.73. The van der Waals surface area contributed by atoms with Crippen molar-refractivity contribution in [3.63, 3.8) is 0 Å². The highest BCUT2D eigenvalue weighted by atomic mass is 35.5. The molecule has 0 aromatic heterocycles. The Labute approximate surface area is 123 Å². The molecule has 0 saturated carbocycles. The van der Waals surface area contributed by atoms with Gasteiger partial charge in [-0.25, -0.2) is 13.1 Å². The summed E-state index contributed by atoms with van der Waals surface area (Å²) < 4.78 is 31.8. The highest BCUT2D eigenvalue weighted by molar-refractivity contribution is 7.89. The first-order valence-corrected chi connectivity index (χ1v) is 7.81. The van der Waals surface area contributed by atoms with Crippen molar-refractivity contribution in [1.82, 2.24) is 4.72 Å². The van der Waals surface area contributed by atoms with Crippen molar-refractivity contribution in [2.75, 3.05) is 19.5 Å². The summed E-state index contributed by atoms with van der Waals surface area (Å²) in [6.07, 6.45) is 0.601. The first kappa shape index (κ1) is 16.5. The third-order valence-electron chi connectivity index (χ3n) is 2.55. The minimum absolute atomic E-state index is 0.0220. The molecule has 1 rings (SSSR count). The summed E-state index contributed by atoms with van der Waals surface area (Å²) in [7, 11) is -2.20. The van der Waals surface area contributed by atoms with Gasteiger partial charge in [0.05, 0.1) is 27.2 Å². The van der Waals surface area contributed by atoms with Crippen LogP contribution in [0, 0.1) is 0 Å². The summed E-state index contributed by atoms with van der Waals surface area (Å²) in [5.74, 6) is 0. The van der Waals surface area contributed by atoms with Crippen LogP contribution in [-0.2, 0) is 14.8 Å². The van der Waals surface area contributed by atoms with Crippen LogP contribution in [0.4, 0.5) is 5.69 Å². The van der Waals surface area contributed by atoms with Gasteiger partial charge in [0, 0.05) is 13.2 Å².